The Morgan fingerprint density at radius 2 is 1.95 bits per heavy atom. The molecule has 0 spiro atoms. The molecule has 1 saturated heterocycles. The third kappa shape index (κ3) is 4.43. The van der Waals surface area contributed by atoms with E-state index in [1.54, 1.807) is 18.7 Å². The summed E-state index contributed by atoms with van der Waals surface area (Å²) in [5, 5.41) is 2.78. The number of hydrogen-bond acceptors (Lipinski definition) is 4. The Morgan fingerprint density at radius 3 is 2.48 bits per heavy atom. The van der Waals surface area contributed by atoms with Crippen molar-refractivity contribution in [2.24, 2.45) is 0 Å². The van der Waals surface area contributed by atoms with Crippen LogP contribution in [0.5, 0.6) is 0 Å². The van der Waals surface area contributed by atoms with Gasteiger partial charge >= 0.3 is 0 Å². The number of nitrogens with one attached hydrogen (secondary N) is 1. The Labute approximate surface area is 127 Å². The van der Waals surface area contributed by atoms with Crippen LogP contribution >= 0.6 is 0 Å². The van der Waals surface area contributed by atoms with E-state index in [2.05, 4.69) is 5.32 Å². The van der Waals surface area contributed by atoms with Crippen LogP contribution in [0.2, 0.25) is 0 Å². The van der Waals surface area contributed by atoms with Crippen molar-refractivity contribution in [3.8, 4) is 0 Å². The van der Waals surface area contributed by atoms with Crippen LogP contribution in [0.4, 0.5) is 0 Å². The lowest BCUT2D eigenvalue weighted by Gasteiger charge is -2.33. The zero-order valence-electron chi connectivity index (χ0n) is 13.3. The van der Waals surface area contributed by atoms with Gasteiger partial charge in [0.2, 0.25) is 11.8 Å². The summed E-state index contributed by atoms with van der Waals surface area (Å²) in [7, 11) is -3.03. The summed E-state index contributed by atoms with van der Waals surface area (Å²) >= 11 is 0. The Hall–Kier alpha value is -1.11. The molecule has 1 N–H and O–H groups in total. The summed E-state index contributed by atoms with van der Waals surface area (Å²) < 4.78 is 23.1. The normalized spacial score (nSPS) is 27.4. The first-order valence-electron chi connectivity index (χ1n) is 7.47. The molecule has 2 amide bonds. The second kappa shape index (κ2) is 6.77. The summed E-state index contributed by atoms with van der Waals surface area (Å²) in [6.07, 6.45) is 1.16. The maximum atomic E-state index is 12.6. The van der Waals surface area contributed by atoms with E-state index in [0.29, 0.717) is 19.4 Å². The van der Waals surface area contributed by atoms with Gasteiger partial charge in [-0.25, -0.2) is 8.42 Å². The Morgan fingerprint density at radius 1 is 1.33 bits per heavy atom. The van der Waals surface area contributed by atoms with Gasteiger partial charge in [-0.2, -0.15) is 0 Å². The number of hydrogen-bond donors (Lipinski definition) is 1. The molecule has 21 heavy (non-hydrogen) atoms. The number of rotatable bonds is 6. The zero-order chi connectivity index (χ0) is 16.3. The fourth-order valence-electron chi connectivity index (χ4n) is 2.47. The average Bonchev–Trinajstić information content (AvgIpc) is 2.49. The smallest absolute Gasteiger partial charge is 0.248 e. The number of carbonyl (C=O) groups is 2. The quantitative estimate of drug-likeness (QED) is 0.782. The fourth-order valence-corrected chi connectivity index (χ4v) is 3.33. The topological polar surface area (TPSA) is 83.6 Å². The average molecular weight is 318 g/mol. The first-order chi connectivity index (χ1) is 9.65. The predicted octanol–water partition coefficient (Wildman–Crippen LogP) is 0.717. The molecule has 0 bridgehead atoms. The van der Waals surface area contributed by atoms with Crippen LogP contribution in [0.15, 0.2) is 0 Å². The van der Waals surface area contributed by atoms with Gasteiger partial charge < -0.3 is 10.2 Å². The lowest BCUT2D eigenvalue weighted by molar-refractivity contribution is -0.139. The van der Waals surface area contributed by atoms with Crippen LogP contribution in [-0.4, -0.2) is 54.8 Å². The van der Waals surface area contributed by atoms with Crippen LogP contribution in [-0.2, 0) is 19.4 Å². The molecule has 0 aliphatic carbocycles. The van der Waals surface area contributed by atoms with Gasteiger partial charge in [0.15, 0.2) is 0 Å². The minimum Gasteiger partial charge on any atom is -0.342 e. The molecule has 1 aliphatic rings. The molecule has 1 aliphatic heterocycles. The molecule has 2 atom stereocenters. The molecule has 122 valence electrons. The summed E-state index contributed by atoms with van der Waals surface area (Å²) in [5.41, 5.74) is -0.897. The Kier molecular flexibility index (Phi) is 5.78. The van der Waals surface area contributed by atoms with Crippen molar-refractivity contribution in [2.45, 2.75) is 58.5 Å². The van der Waals surface area contributed by atoms with E-state index >= 15 is 0 Å². The van der Waals surface area contributed by atoms with Crippen LogP contribution < -0.4 is 5.32 Å². The SMILES string of the molecule is CCC1(C)NC(=O)CC(C)N(CCCS(=O)(=O)CC)C1=O. The molecular formula is C14H26N2O4S. The fraction of sp³-hybridized carbons (Fsp3) is 0.857. The third-order valence-corrected chi connectivity index (χ3v) is 5.95. The van der Waals surface area contributed by atoms with E-state index in [1.807, 2.05) is 13.8 Å². The molecule has 1 heterocycles. The van der Waals surface area contributed by atoms with Gasteiger partial charge in [0, 0.05) is 24.8 Å². The first kappa shape index (κ1) is 17.9. The van der Waals surface area contributed by atoms with Crippen molar-refractivity contribution < 1.29 is 18.0 Å². The van der Waals surface area contributed by atoms with Crippen molar-refractivity contribution in [3.63, 3.8) is 0 Å². The first-order valence-corrected chi connectivity index (χ1v) is 9.30. The van der Waals surface area contributed by atoms with Crippen molar-refractivity contribution >= 4 is 21.7 Å². The molecule has 7 heteroatoms. The summed E-state index contributed by atoms with van der Waals surface area (Å²) in [5.74, 6) is -0.0749. The van der Waals surface area contributed by atoms with E-state index in [0.717, 1.165) is 0 Å². The van der Waals surface area contributed by atoms with Gasteiger partial charge in [-0.05, 0) is 26.7 Å². The molecule has 6 nitrogen and oxygen atoms in total. The van der Waals surface area contributed by atoms with E-state index in [1.165, 1.54) is 0 Å². The lowest BCUT2D eigenvalue weighted by atomic mass is 9.97. The van der Waals surface area contributed by atoms with E-state index < -0.39 is 15.4 Å². The van der Waals surface area contributed by atoms with Crippen molar-refractivity contribution in [3.05, 3.63) is 0 Å². The van der Waals surface area contributed by atoms with Crippen LogP contribution in [0.3, 0.4) is 0 Å². The molecular weight excluding hydrogens is 292 g/mol. The largest absolute Gasteiger partial charge is 0.342 e. The second-order valence-corrected chi connectivity index (χ2v) is 8.35. The molecule has 0 aromatic heterocycles. The predicted molar refractivity (Wildman–Crippen MR) is 81.6 cm³/mol. The van der Waals surface area contributed by atoms with E-state index in [4.69, 9.17) is 0 Å². The highest BCUT2D eigenvalue weighted by Gasteiger charge is 2.41. The standard InChI is InChI=1S/C14H26N2O4S/c1-5-14(4)13(18)16(11(3)10-12(17)15-14)8-7-9-21(19,20)6-2/h11H,5-10H2,1-4H3,(H,15,17). The third-order valence-electron chi connectivity index (χ3n) is 4.16. The second-order valence-electron chi connectivity index (χ2n) is 5.88. The highest BCUT2D eigenvalue weighted by Crippen LogP contribution is 2.21. The van der Waals surface area contributed by atoms with Gasteiger partial charge in [0.1, 0.15) is 15.4 Å². The zero-order valence-corrected chi connectivity index (χ0v) is 14.1. The number of nitrogens with zero attached hydrogens (tertiary/aromatic N) is 1. The molecule has 1 rings (SSSR count). The van der Waals surface area contributed by atoms with Crippen LogP contribution in [0.25, 0.3) is 0 Å². The van der Waals surface area contributed by atoms with Gasteiger partial charge in [-0.3, -0.25) is 9.59 Å². The summed E-state index contributed by atoms with van der Waals surface area (Å²) in [4.78, 5) is 26.1. The highest BCUT2D eigenvalue weighted by molar-refractivity contribution is 7.91. The van der Waals surface area contributed by atoms with Crippen molar-refractivity contribution in [1.82, 2.24) is 10.2 Å². The van der Waals surface area contributed by atoms with Crippen molar-refractivity contribution in [2.75, 3.05) is 18.1 Å². The van der Waals surface area contributed by atoms with E-state index in [9.17, 15) is 18.0 Å². The summed E-state index contributed by atoms with van der Waals surface area (Å²) in [6.45, 7) is 7.39. The summed E-state index contributed by atoms with van der Waals surface area (Å²) in [6, 6.07) is -0.213. The Balaban J connectivity index is 2.82. The number of sulfone groups is 1. The van der Waals surface area contributed by atoms with Crippen LogP contribution in [0, 0.1) is 0 Å². The minimum atomic E-state index is -3.03. The molecule has 0 aromatic carbocycles. The van der Waals surface area contributed by atoms with Gasteiger partial charge in [-0.1, -0.05) is 13.8 Å². The highest BCUT2D eigenvalue weighted by atomic mass is 32.2. The number of amides is 2. The van der Waals surface area contributed by atoms with Gasteiger partial charge in [0.25, 0.3) is 0 Å². The molecule has 2 unspecified atom stereocenters. The molecule has 0 aromatic rings. The van der Waals surface area contributed by atoms with Gasteiger partial charge in [0.05, 0.1) is 5.75 Å². The number of carbonyl (C=O) groups excluding carboxylic acids is 2. The van der Waals surface area contributed by atoms with Gasteiger partial charge in [-0.15, -0.1) is 0 Å². The maximum Gasteiger partial charge on any atom is 0.248 e. The maximum absolute atomic E-state index is 12.6. The van der Waals surface area contributed by atoms with Crippen molar-refractivity contribution in [1.29, 1.82) is 0 Å². The Bertz CT molecular complexity index is 503. The lowest BCUT2D eigenvalue weighted by Crippen LogP contribution is -2.55. The monoisotopic (exact) mass is 318 g/mol. The molecule has 0 radical (unpaired) electrons. The van der Waals surface area contributed by atoms with E-state index in [-0.39, 0.29) is 35.8 Å². The molecule has 1 fully saturated rings. The molecule has 0 saturated carbocycles. The van der Waals surface area contributed by atoms with Crippen LogP contribution in [0.1, 0.15) is 47.0 Å². The minimum absolute atomic E-state index is 0.0736.